The Bertz CT molecular complexity index is 222. The first-order valence-corrected chi connectivity index (χ1v) is 9.19. The highest BCUT2D eigenvalue weighted by Crippen LogP contribution is 2.31. The van der Waals surface area contributed by atoms with E-state index in [1.807, 2.05) is 0 Å². The van der Waals surface area contributed by atoms with Crippen LogP contribution in [-0.4, -0.2) is 12.2 Å². The summed E-state index contributed by atoms with van der Waals surface area (Å²) in [5, 5.41) is 0. The third-order valence-electron chi connectivity index (χ3n) is 4.69. The van der Waals surface area contributed by atoms with Crippen LogP contribution in [0.1, 0.15) is 105 Å². The van der Waals surface area contributed by atoms with Crippen molar-refractivity contribution in [2.45, 2.75) is 117 Å². The Morgan fingerprint density at radius 1 is 0.900 bits per heavy atom. The summed E-state index contributed by atoms with van der Waals surface area (Å²) in [5.41, 5.74) is 0.293. The smallest absolute Gasteiger partial charge is 0.0627 e. The van der Waals surface area contributed by atoms with Gasteiger partial charge in [-0.25, -0.2) is 0 Å². The van der Waals surface area contributed by atoms with Gasteiger partial charge in [0.1, 0.15) is 0 Å². The predicted octanol–water partition coefficient (Wildman–Crippen LogP) is 6.50. The standard InChI is InChI=1S/C19H38O/c1-5-6-7-8-9-13-16-18(19(2,3)4)20-17-14-11-10-12-15-17/h17-18H,5-16H2,1-4H3. The van der Waals surface area contributed by atoms with E-state index in [1.165, 1.54) is 77.0 Å². The van der Waals surface area contributed by atoms with Gasteiger partial charge in [-0.05, 0) is 24.7 Å². The van der Waals surface area contributed by atoms with Crippen LogP contribution in [0.4, 0.5) is 0 Å². The lowest BCUT2D eigenvalue weighted by molar-refractivity contribution is -0.0828. The van der Waals surface area contributed by atoms with Gasteiger partial charge in [0.25, 0.3) is 0 Å². The topological polar surface area (TPSA) is 9.23 Å². The van der Waals surface area contributed by atoms with Crippen LogP contribution in [-0.2, 0) is 4.74 Å². The van der Waals surface area contributed by atoms with Crippen LogP contribution < -0.4 is 0 Å². The molecular weight excluding hydrogens is 244 g/mol. The normalized spacial score (nSPS) is 19.2. The second-order valence-corrected chi connectivity index (χ2v) is 7.81. The van der Waals surface area contributed by atoms with E-state index in [9.17, 15) is 0 Å². The number of rotatable bonds is 9. The molecule has 0 aromatic heterocycles. The number of ether oxygens (including phenoxy) is 1. The number of unbranched alkanes of at least 4 members (excludes halogenated alkanes) is 5. The lowest BCUT2D eigenvalue weighted by Gasteiger charge is -2.35. The zero-order valence-corrected chi connectivity index (χ0v) is 14.5. The molecule has 0 heterocycles. The van der Waals surface area contributed by atoms with Gasteiger partial charge in [-0.2, -0.15) is 0 Å². The Kier molecular flexibility index (Phi) is 8.84. The van der Waals surface area contributed by atoms with Gasteiger partial charge < -0.3 is 4.74 Å². The third kappa shape index (κ3) is 7.67. The molecule has 1 rings (SSSR count). The quantitative estimate of drug-likeness (QED) is 0.438. The van der Waals surface area contributed by atoms with Crippen molar-refractivity contribution < 1.29 is 4.74 Å². The van der Waals surface area contributed by atoms with Crippen LogP contribution in [0.25, 0.3) is 0 Å². The summed E-state index contributed by atoms with van der Waals surface area (Å²) in [6.45, 7) is 9.32. The summed E-state index contributed by atoms with van der Waals surface area (Å²) >= 11 is 0. The van der Waals surface area contributed by atoms with Crippen LogP contribution >= 0.6 is 0 Å². The zero-order valence-electron chi connectivity index (χ0n) is 14.5. The van der Waals surface area contributed by atoms with E-state index in [4.69, 9.17) is 4.74 Å². The lowest BCUT2D eigenvalue weighted by Crippen LogP contribution is -2.34. The maximum Gasteiger partial charge on any atom is 0.0627 e. The summed E-state index contributed by atoms with van der Waals surface area (Å²) in [6.07, 6.45) is 17.3. The highest BCUT2D eigenvalue weighted by atomic mass is 16.5. The molecule has 0 spiro atoms. The summed E-state index contributed by atoms with van der Waals surface area (Å²) in [7, 11) is 0. The number of hydrogen-bond acceptors (Lipinski definition) is 1. The van der Waals surface area contributed by atoms with Gasteiger partial charge in [0.2, 0.25) is 0 Å². The van der Waals surface area contributed by atoms with Gasteiger partial charge in [0, 0.05) is 0 Å². The maximum atomic E-state index is 6.48. The molecule has 0 amide bonds. The molecule has 1 heteroatoms. The van der Waals surface area contributed by atoms with Gasteiger partial charge in [-0.1, -0.05) is 85.5 Å². The third-order valence-corrected chi connectivity index (χ3v) is 4.69. The first-order valence-electron chi connectivity index (χ1n) is 9.19. The van der Waals surface area contributed by atoms with E-state index < -0.39 is 0 Å². The first kappa shape index (κ1) is 18.0. The van der Waals surface area contributed by atoms with E-state index >= 15 is 0 Å². The van der Waals surface area contributed by atoms with Crippen molar-refractivity contribution in [2.75, 3.05) is 0 Å². The summed E-state index contributed by atoms with van der Waals surface area (Å²) < 4.78 is 6.48. The maximum absolute atomic E-state index is 6.48. The van der Waals surface area contributed by atoms with Crippen molar-refractivity contribution in [1.29, 1.82) is 0 Å². The van der Waals surface area contributed by atoms with Crippen molar-refractivity contribution in [3.05, 3.63) is 0 Å². The SMILES string of the molecule is CCCCCCCCC(OC1CCCCC1)C(C)(C)C. The highest BCUT2D eigenvalue weighted by molar-refractivity contribution is 4.77. The fourth-order valence-corrected chi connectivity index (χ4v) is 3.25. The molecule has 0 aliphatic heterocycles. The van der Waals surface area contributed by atoms with E-state index in [0.717, 1.165) is 0 Å². The van der Waals surface area contributed by atoms with E-state index in [2.05, 4.69) is 27.7 Å². The van der Waals surface area contributed by atoms with E-state index in [-0.39, 0.29) is 0 Å². The summed E-state index contributed by atoms with van der Waals surface area (Å²) in [4.78, 5) is 0. The average Bonchev–Trinajstić information content (AvgIpc) is 2.41. The molecule has 0 saturated heterocycles. The minimum Gasteiger partial charge on any atom is -0.374 e. The molecule has 20 heavy (non-hydrogen) atoms. The highest BCUT2D eigenvalue weighted by Gasteiger charge is 2.28. The van der Waals surface area contributed by atoms with E-state index in [0.29, 0.717) is 17.6 Å². The van der Waals surface area contributed by atoms with Crippen LogP contribution in [0.5, 0.6) is 0 Å². The van der Waals surface area contributed by atoms with Gasteiger partial charge in [-0.15, -0.1) is 0 Å². The Hall–Kier alpha value is -0.0400. The van der Waals surface area contributed by atoms with Gasteiger partial charge in [-0.3, -0.25) is 0 Å². The van der Waals surface area contributed by atoms with Crippen LogP contribution in [0.15, 0.2) is 0 Å². The fraction of sp³-hybridized carbons (Fsp3) is 1.00. The molecule has 0 aromatic carbocycles. The average molecular weight is 283 g/mol. The second-order valence-electron chi connectivity index (χ2n) is 7.81. The van der Waals surface area contributed by atoms with Crippen molar-refractivity contribution in [2.24, 2.45) is 5.41 Å². The molecular formula is C19H38O. The van der Waals surface area contributed by atoms with Crippen LogP contribution in [0.2, 0.25) is 0 Å². The first-order chi connectivity index (χ1) is 9.54. The summed E-state index contributed by atoms with van der Waals surface area (Å²) in [5.74, 6) is 0. The molecule has 120 valence electrons. The molecule has 0 N–H and O–H groups in total. The van der Waals surface area contributed by atoms with E-state index in [1.54, 1.807) is 0 Å². The minimum atomic E-state index is 0.293. The Labute approximate surface area is 127 Å². The fourth-order valence-electron chi connectivity index (χ4n) is 3.25. The second kappa shape index (κ2) is 9.82. The molecule has 1 unspecified atom stereocenters. The molecule has 1 fully saturated rings. The molecule has 1 atom stereocenters. The van der Waals surface area contributed by atoms with Crippen molar-refractivity contribution >= 4 is 0 Å². The van der Waals surface area contributed by atoms with Gasteiger partial charge in [0.05, 0.1) is 12.2 Å². The molecule has 1 nitrogen and oxygen atoms in total. The van der Waals surface area contributed by atoms with Crippen molar-refractivity contribution in [1.82, 2.24) is 0 Å². The molecule has 0 bridgehead atoms. The largest absolute Gasteiger partial charge is 0.374 e. The monoisotopic (exact) mass is 282 g/mol. The Morgan fingerprint density at radius 2 is 1.50 bits per heavy atom. The summed E-state index contributed by atoms with van der Waals surface area (Å²) in [6, 6.07) is 0. The lowest BCUT2D eigenvalue weighted by atomic mass is 9.85. The molecule has 0 aromatic rings. The Morgan fingerprint density at radius 3 is 2.10 bits per heavy atom. The molecule has 1 aliphatic carbocycles. The predicted molar refractivity (Wildman–Crippen MR) is 89.2 cm³/mol. The molecule has 0 radical (unpaired) electrons. The van der Waals surface area contributed by atoms with Crippen molar-refractivity contribution in [3.63, 3.8) is 0 Å². The molecule has 1 aliphatic rings. The van der Waals surface area contributed by atoms with Gasteiger partial charge in [0.15, 0.2) is 0 Å². The van der Waals surface area contributed by atoms with Gasteiger partial charge >= 0.3 is 0 Å². The minimum absolute atomic E-state index is 0.293. The van der Waals surface area contributed by atoms with Crippen molar-refractivity contribution in [3.8, 4) is 0 Å². The number of hydrogen-bond donors (Lipinski definition) is 0. The van der Waals surface area contributed by atoms with Crippen LogP contribution in [0.3, 0.4) is 0 Å². The molecule has 1 saturated carbocycles. The Balaban J connectivity index is 2.25. The van der Waals surface area contributed by atoms with Crippen LogP contribution in [0, 0.1) is 5.41 Å². The zero-order chi connectivity index (χ0) is 14.8.